The molecular formula is C40H50F2N2O5. The summed E-state index contributed by atoms with van der Waals surface area (Å²) in [7, 11) is 0. The molecule has 1 amide bonds. The molecule has 264 valence electrons. The molecule has 1 atom stereocenters. The van der Waals surface area contributed by atoms with Crippen molar-refractivity contribution in [1.29, 1.82) is 0 Å². The number of likely N-dealkylation sites (tertiary alicyclic amines) is 1. The number of piperidine rings is 1. The highest BCUT2D eigenvalue weighted by molar-refractivity contribution is 6.01. The van der Waals surface area contributed by atoms with Crippen molar-refractivity contribution in [3.05, 3.63) is 106 Å². The van der Waals surface area contributed by atoms with Crippen LogP contribution < -0.4 is 5.32 Å². The van der Waals surface area contributed by atoms with E-state index in [1.165, 1.54) is 29.8 Å². The van der Waals surface area contributed by atoms with Gasteiger partial charge in [0, 0.05) is 36.8 Å². The van der Waals surface area contributed by atoms with Gasteiger partial charge in [0.2, 0.25) is 5.91 Å². The summed E-state index contributed by atoms with van der Waals surface area (Å²) in [5.41, 5.74) is 6.47. The molecule has 0 spiro atoms. The zero-order valence-corrected chi connectivity index (χ0v) is 29.1. The molecule has 0 aromatic heterocycles. The average molecular weight is 677 g/mol. The molecule has 0 aliphatic carbocycles. The predicted octanol–water partition coefficient (Wildman–Crippen LogP) is 7.73. The molecule has 0 radical (unpaired) electrons. The van der Waals surface area contributed by atoms with Crippen molar-refractivity contribution >= 4 is 23.0 Å². The number of hydrogen-bond donors (Lipinski definition) is 1. The lowest BCUT2D eigenvalue weighted by molar-refractivity contribution is -0.117. The highest BCUT2D eigenvalue weighted by Crippen LogP contribution is 2.32. The molecule has 3 aromatic rings. The van der Waals surface area contributed by atoms with E-state index in [0.717, 1.165) is 61.2 Å². The molecule has 1 aliphatic rings. The van der Waals surface area contributed by atoms with Gasteiger partial charge in [0.15, 0.2) is 5.78 Å². The molecule has 9 heteroatoms. The summed E-state index contributed by atoms with van der Waals surface area (Å²) in [6, 6.07) is 18.5. The van der Waals surface area contributed by atoms with Crippen LogP contribution in [-0.4, -0.2) is 75.9 Å². The number of rotatable bonds is 19. The minimum Gasteiger partial charge on any atom is -0.379 e. The number of ketones is 1. The smallest absolute Gasteiger partial charge is 0.226 e. The number of anilines is 1. The third-order valence-corrected chi connectivity index (χ3v) is 8.98. The molecule has 7 nitrogen and oxygen atoms in total. The highest BCUT2D eigenvalue weighted by atomic mass is 19.1. The Balaban J connectivity index is 1.07. The van der Waals surface area contributed by atoms with Crippen LogP contribution in [0.1, 0.15) is 73.5 Å². The lowest BCUT2D eigenvalue weighted by atomic mass is 9.88. The minimum atomic E-state index is -0.278. The monoisotopic (exact) mass is 676 g/mol. The zero-order chi connectivity index (χ0) is 35.0. The molecule has 0 saturated carbocycles. The van der Waals surface area contributed by atoms with Crippen molar-refractivity contribution in [2.24, 2.45) is 5.92 Å². The SMILES string of the molecule is CCc1c(NC(=O)CCOCCOCCOCCN2CCC(=C(c3ccc(F)cc3)c3ccc(F)cc3)CC2)cccc1C(=O)C(C)CC. The van der Waals surface area contributed by atoms with Gasteiger partial charge in [-0.15, -0.1) is 0 Å². The minimum absolute atomic E-state index is 0.0579. The summed E-state index contributed by atoms with van der Waals surface area (Å²) in [6.45, 7) is 11.1. The van der Waals surface area contributed by atoms with Crippen LogP contribution in [0.25, 0.3) is 5.57 Å². The Morgan fingerprint density at radius 3 is 1.88 bits per heavy atom. The first kappa shape index (κ1) is 38.0. The molecule has 1 unspecified atom stereocenters. The van der Waals surface area contributed by atoms with E-state index in [4.69, 9.17) is 14.2 Å². The molecule has 4 rings (SSSR count). The van der Waals surface area contributed by atoms with Crippen molar-refractivity contribution in [1.82, 2.24) is 4.90 Å². The highest BCUT2D eigenvalue weighted by Gasteiger charge is 2.20. The van der Waals surface area contributed by atoms with Crippen LogP contribution >= 0.6 is 0 Å². The van der Waals surface area contributed by atoms with Crippen LogP contribution in [0, 0.1) is 17.6 Å². The van der Waals surface area contributed by atoms with E-state index in [1.807, 2.05) is 39.0 Å². The predicted molar refractivity (Wildman–Crippen MR) is 190 cm³/mol. The van der Waals surface area contributed by atoms with E-state index in [9.17, 15) is 18.4 Å². The number of nitrogens with zero attached hydrogens (tertiary/aromatic N) is 1. The summed E-state index contributed by atoms with van der Waals surface area (Å²) in [5.74, 6) is -0.660. The van der Waals surface area contributed by atoms with Crippen molar-refractivity contribution in [2.45, 2.75) is 52.9 Å². The first-order valence-electron chi connectivity index (χ1n) is 17.5. The van der Waals surface area contributed by atoms with Crippen LogP contribution in [0.3, 0.4) is 0 Å². The van der Waals surface area contributed by atoms with E-state index >= 15 is 0 Å². The largest absolute Gasteiger partial charge is 0.379 e. The maximum Gasteiger partial charge on any atom is 0.226 e. The van der Waals surface area contributed by atoms with Gasteiger partial charge in [-0.25, -0.2) is 8.78 Å². The second-order valence-corrected chi connectivity index (χ2v) is 12.3. The number of halogens is 2. The number of carbonyl (C=O) groups is 2. The van der Waals surface area contributed by atoms with E-state index in [1.54, 1.807) is 24.3 Å². The average Bonchev–Trinajstić information content (AvgIpc) is 3.12. The molecule has 0 bridgehead atoms. The summed E-state index contributed by atoms with van der Waals surface area (Å²) in [4.78, 5) is 27.7. The lowest BCUT2D eigenvalue weighted by Gasteiger charge is -2.30. The van der Waals surface area contributed by atoms with Gasteiger partial charge in [0.05, 0.1) is 46.1 Å². The van der Waals surface area contributed by atoms with E-state index < -0.39 is 0 Å². The van der Waals surface area contributed by atoms with Gasteiger partial charge in [-0.3, -0.25) is 9.59 Å². The van der Waals surface area contributed by atoms with Gasteiger partial charge in [-0.05, 0) is 78.3 Å². The lowest BCUT2D eigenvalue weighted by Crippen LogP contribution is -2.34. The van der Waals surface area contributed by atoms with Gasteiger partial charge in [-0.1, -0.05) is 62.7 Å². The summed E-state index contributed by atoms with van der Waals surface area (Å²) in [6.07, 6.45) is 3.39. The number of amides is 1. The molecule has 1 N–H and O–H groups in total. The fourth-order valence-electron chi connectivity index (χ4n) is 5.98. The van der Waals surface area contributed by atoms with E-state index in [0.29, 0.717) is 50.7 Å². The molecule has 1 fully saturated rings. The Labute approximate surface area is 289 Å². The number of hydrogen-bond acceptors (Lipinski definition) is 6. The zero-order valence-electron chi connectivity index (χ0n) is 29.1. The second-order valence-electron chi connectivity index (χ2n) is 12.3. The first-order chi connectivity index (χ1) is 23.8. The Kier molecular flexibility index (Phi) is 15.6. The van der Waals surface area contributed by atoms with Crippen molar-refractivity contribution in [3.63, 3.8) is 0 Å². The normalized spacial score (nSPS) is 14.1. The number of Topliss-reactive ketones (excluding diaryl/α,β-unsaturated/α-hetero) is 1. The van der Waals surface area contributed by atoms with Gasteiger partial charge in [-0.2, -0.15) is 0 Å². The third kappa shape index (κ3) is 11.7. The standard InChI is InChI=1S/C40H50F2N2O5/c1-4-29(3)40(46)36-7-6-8-37(35(36)5-2)43-38(45)19-23-47-25-27-49-28-26-48-24-22-44-20-17-32(18-21-44)39(30-9-13-33(41)14-10-30)31-11-15-34(42)16-12-31/h6-16,29H,4-5,17-28H2,1-3H3,(H,43,45). The maximum absolute atomic E-state index is 13.6. The first-order valence-corrected chi connectivity index (χ1v) is 17.5. The van der Waals surface area contributed by atoms with Gasteiger partial charge >= 0.3 is 0 Å². The van der Waals surface area contributed by atoms with Crippen LogP contribution in [0.2, 0.25) is 0 Å². The summed E-state index contributed by atoms with van der Waals surface area (Å²) >= 11 is 0. The van der Waals surface area contributed by atoms with Crippen LogP contribution in [0.5, 0.6) is 0 Å². The van der Waals surface area contributed by atoms with Crippen molar-refractivity contribution in [2.75, 3.05) is 64.6 Å². The number of benzene rings is 3. The number of ether oxygens (including phenoxy) is 3. The third-order valence-electron chi connectivity index (χ3n) is 8.98. The molecule has 1 saturated heterocycles. The molecule has 1 heterocycles. The number of carbonyl (C=O) groups excluding carboxylic acids is 2. The quantitative estimate of drug-likeness (QED) is 0.104. The van der Waals surface area contributed by atoms with Crippen LogP contribution in [0.15, 0.2) is 72.3 Å². The van der Waals surface area contributed by atoms with Gasteiger partial charge in [0.1, 0.15) is 11.6 Å². The number of nitrogens with one attached hydrogen (secondary N) is 1. The Bertz CT molecular complexity index is 1470. The van der Waals surface area contributed by atoms with E-state index in [2.05, 4.69) is 10.2 Å². The van der Waals surface area contributed by atoms with Crippen molar-refractivity contribution in [3.8, 4) is 0 Å². The molecule has 1 aliphatic heterocycles. The van der Waals surface area contributed by atoms with Crippen molar-refractivity contribution < 1.29 is 32.6 Å². The van der Waals surface area contributed by atoms with E-state index in [-0.39, 0.29) is 42.3 Å². The fourth-order valence-corrected chi connectivity index (χ4v) is 5.98. The summed E-state index contributed by atoms with van der Waals surface area (Å²) in [5, 5.41) is 2.94. The van der Waals surface area contributed by atoms with Gasteiger partial charge < -0.3 is 24.4 Å². The molecule has 49 heavy (non-hydrogen) atoms. The molecular weight excluding hydrogens is 626 g/mol. The Morgan fingerprint density at radius 1 is 0.776 bits per heavy atom. The Morgan fingerprint density at radius 2 is 1.33 bits per heavy atom. The van der Waals surface area contributed by atoms with Gasteiger partial charge in [0.25, 0.3) is 0 Å². The maximum atomic E-state index is 13.6. The topological polar surface area (TPSA) is 77.1 Å². The summed E-state index contributed by atoms with van der Waals surface area (Å²) < 4.78 is 44.2. The fraction of sp³-hybridized carbons (Fsp3) is 0.450. The Hall–Kier alpha value is -3.76. The molecule has 3 aromatic carbocycles. The van der Waals surface area contributed by atoms with Crippen LogP contribution in [-0.2, 0) is 25.4 Å². The van der Waals surface area contributed by atoms with Crippen LogP contribution in [0.4, 0.5) is 14.5 Å². The second kappa shape index (κ2) is 20.0.